The number of hydrogen-bond donors (Lipinski definition) is 0. The molecule has 0 atom stereocenters. The molecule has 0 saturated heterocycles. The highest BCUT2D eigenvalue weighted by Gasteiger charge is 2.44. The normalized spacial score (nSPS) is 12.0. The number of quaternary nitrogens is 1. The number of nitrogens with zero attached hydrogens (tertiary/aromatic N) is 1. The fourth-order valence-corrected chi connectivity index (χ4v) is 4.41. The van der Waals surface area contributed by atoms with Gasteiger partial charge in [-0.05, 0) is 30.7 Å². The maximum Gasteiger partial charge on any atom is 0.331 e. The Morgan fingerprint density at radius 1 is 0.926 bits per heavy atom. The predicted molar refractivity (Wildman–Crippen MR) is 115 cm³/mol. The minimum Gasteiger partial charge on any atom is -0.458 e. The van der Waals surface area contributed by atoms with Crippen molar-refractivity contribution in [2.45, 2.75) is 25.5 Å². The van der Waals surface area contributed by atoms with Gasteiger partial charge in [-0.1, -0.05) is 67.6 Å². The minimum atomic E-state index is -0.834. The number of hydrogen-bond acceptors (Lipinski definition) is 3. The van der Waals surface area contributed by atoms with Crippen LogP contribution in [0.2, 0.25) is 0 Å². The number of thioether (sulfide) groups is 1. The summed E-state index contributed by atoms with van der Waals surface area (Å²) in [6, 6.07) is 20.0. The molecule has 0 radical (unpaired) electrons. The standard InChI is InChI=1S/C23H32NO2S/c1-5-24(4,6-2)18-19-26-22(25)23(27-7-3,20-14-10-8-11-15-20)21-16-12-9-13-17-21/h8-17H,5-7,18-19H2,1-4H3/q+1. The summed E-state index contributed by atoms with van der Waals surface area (Å²) in [6.45, 7) is 9.76. The van der Waals surface area contributed by atoms with Crippen LogP contribution in [0, 0.1) is 0 Å². The quantitative estimate of drug-likeness (QED) is 0.437. The molecule has 0 spiro atoms. The Balaban J connectivity index is 2.36. The molecule has 4 heteroatoms. The van der Waals surface area contributed by atoms with Crippen molar-refractivity contribution in [1.82, 2.24) is 0 Å². The van der Waals surface area contributed by atoms with E-state index in [-0.39, 0.29) is 5.97 Å². The number of benzene rings is 2. The van der Waals surface area contributed by atoms with Crippen molar-refractivity contribution < 1.29 is 14.0 Å². The first-order valence-electron chi connectivity index (χ1n) is 9.78. The molecular weight excluding hydrogens is 354 g/mol. The Labute approximate surface area is 168 Å². The number of carbonyl (C=O) groups excluding carboxylic acids is 1. The molecule has 0 N–H and O–H groups in total. The summed E-state index contributed by atoms with van der Waals surface area (Å²) in [6.07, 6.45) is 0. The lowest BCUT2D eigenvalue weighted by atomic mass is 9.90. The van der Waals surface area contributed by atoms with Crippen molar-refractivity contribution in [3.63, 3.8) is 0 Å². The summed E-state index contributed by atoms with van der Waals surface area (Å²) >= 11 is 1.63. The number of esters is 1. The minimum absolute atomic E-state index is 0.175. The first-order valence-corrected chi connectivity index (χ1v) is 10.8. The van der Waals surface area contributed by atoms with Crippen LogP contribution in [-0.2, 0) is 14.3 Å². The zero-order valence-electron chi connectivity index (χ0n) is 17.0. The summed E-state index contributed by atoms with van der Waals surface area (Å²) in [5.74, 6) is 0.641. The van der Waals surface area contributed by atoms with Crippen LogP contribution in [0.25, 0.3) is 0 Å². The number of likely N-dealkylation sites (N-methyl/N-ethyl adjacent to an activating group) is 1. The largest absolute Gasteiger partial charge is 0.458 e. The Morgan fingerprint density at radius 3 is 1.81 bits per heavy atom. The molecule has 0 amide bonds. The third kappa shape index (κ3) is 4.94. The summed E-state index contributed by atoms with van der Waals surface area (Å²) in [5, 5.41) is 0. The van der Waals surface area contributed by atoms with Gasteiger partial charge < -0.3 is 9.22 Å². The van der Waals surface area contributed by atoms with E-state index in [2.05, 4.69) is 27.8 Å². The lowest BCUT2D eigenvalue weighted by Crippen LogP contribution is -2.47. The lowest BCUT2D eigenvalue weighted by Gasteiger charge is -2.34. The highest BCUT2D eigenvalue weighted by atomic mass is 32.2. The molecule has 0 aliphatic heterocycles. The summed E-state index contributed by atoms with van der Waals surface area (Å²) < 4.78 is 5.96. The molecule has 3 nitrogen and oxygen atoms in total. The molecule has 0 aliphatic rings. The molecule has 0 aliphatic carbocycles. The van der Waals surface area contributed by atoms with Crippen molar-refractivity contribution in [2.75, 3.05) is 39.0 Å². The number of ether oxygens (including phenoxy) is 1. The Morgan fingerprint density at radius 2 is 1.41 bits per heavy atom. The molecule has 0 bridgehead atoms. The van der Waals surface area contributed by atoms with E-state index < -0.39 is 4.75 Å². The van der Waals surface area contributed by atoms with E-state index in [0.29, 0.717) is 6.61 Å². The molecule has 0 fully saturated rings. The zero-order valence-corrected chi connectivity index (χ0v) is 17.8. The van der Waals surface area contributed by atoms with E-state index in [0.717, 1.165) is 41.0 Å². The average molecular weight is 387 g/mol. The van der Waals surface area contributed by atoms with Gasteiger partial charge in [0.15, 0.2) is 4.75 Å². The van der Waals surface area contributed by atoms with E-state index in [1.807, 2.05) is 60.7 Å². The summed E-state index contributed by atoms with van der Waals surface area (Å²) in [7, 11) is 2.20. The molecule has 2 aromatic rings. The molecule has 2 aromatic carbocycles. The highest BCUT2D eigenvalue weighted by Crippen LogP contribution is 2.44. The fraction of sp³-hybridized carbons (Fsp3) is 0.435. The second kappa shape index (κ2) is 9.95. The van der Waals surface area contributed by atoms with Crippen LogP contribution in [0.1, 0.15) is 31.9 Å². The van der Waals surface area contributed by atoms with E-state index in [1.165, 1.54) is 0 Å². The van der Waals surface area contributed by atoms with Gasteiger partial charge in [-0.2, -0.15) is 0 Å². The van der Waals surface area contributed by atoms with Crippen molar-refractivity contribution >= 4 is 17.7 Å². The molecule has 0 unspecified atom stereocenters. The first-order chi connectivity index (χ1) is 13.0. The van der Waals surface area contributed by atoms with E-state index >= 15 is 0 Å². The lowest BCUT2D eigenvalue weighted by molar-refractivity contribution is -0.906. The van der Waals surface area contributed by atoms with Gasteiger partial charge in [-0.25, -0.2) is 4.79 Å². The molecule has 0 aromatic heterocycles. The smallest absolute Gasteiger partial charge is 0.331 e. The van der Waals surface area contributed by atoms with Gasteiger partial charge in [0.2, 0.25) is 0 Å². The number of rotatable bonds is 10. The first kappa shape index (κ1) is 21.5. The van der Waals surface area contributed by atoms with E-state index in [1.54, 1.807) is 11.8 Å². The van der Waals surface area contributed by atoms with Gasteiger partial charge in [-0.3, -0.25) is 0 Å². The van der Waals surface area contributed by atoms with Crippen molar-refractivity contribution in [3.05, 3.63) is 71.8 Å². The van der Waals surface area contributed by atoms with Gasteiger partial charge in [0.05, 0.1) is 20.1 Å². The van der Waals surface area contributed by atoms with Gasteiger partial charge >= 0.3 is 5.97 Å². The van der Waals surface area contributed by atoms with Crippen LogP contribution in [-0.4, -0.2) is 49.5 Å². The Hall–Kier alpha value is -1.78. The molecule has 146 valence electrons. The number of carbonyl (C=O) groups is 1. The molecule has 0 heterocycles. The molecule has 0 saturated carbocycles. The van der Waals surface area contributed by atoms with Gasteiger partial charge in [0.1, 0.15) is 13.2 Å². The second-order valence-electron chi connectivity index (χ2n) is 6.96. The monoisotopic (exact) mass is 386 g/mol. The van der Waals surface area contributed by atoms with E-state index in [9.17, 15) is 4.79 Å². The Bertz CT molecular complexity index is 659. The van der Waals surface area contributed by atoms with E-state index in [4.69, 9.17) is 4.74 Å². The van der Waals surface area contributed by atoms with Crippen LogP contribution in [0.4, 0.5) is 0 Å². The molecular formula is C23H32NO2S+. The zero-order chi connectivity index (χ0) is 19.8. The third-order valence-electron chi connectivity index (χ3n) is 5.40. The highest BCUT2D eigenvalue weighted by molar-refractivity contribution is 8.01. The fourth-order valence-electron chi connectivity index (χ4n) is 3.19. The van der Waals surface area contributed by atoms with Gasteiger partial charge in [-0.15, -0.1) is 11.8 Å². The topological polar surface area (TPSA) is 26.3 Å². The average Bonchev–Trinajstić information content (AvgIpc) is 2.73. The maximum absolute atomic E-state index is 13.5. The van der Waals surface area contributed by atoms with Gasteiger partial charge in [0.25, 0.3) is 0 Å². The molecule has 2 rings (SSSR count). The van der Waals surface area contributed by atoms with Crippen LogP contribution in [0.5, 0.6) is 0 Å². The van der Waals surface area contributed by atoms with Crippen LogP contribution in [0.3, 0.4) is 0 Å². The van der Waals surface area contributed by atoms with Crippen LogP contribution in [0.15, 0.2) is 60.7 Å². The van der Waals surface area contributed by atoms with Crippen molar-refractivity contribution in [2.24, 2.45) is 0 Å². The summed E-state index contributed by atoms with van der Waals surface area (Å²) in [4.78, 5) is 13.5. The predicted octanol–water partition coefficient (Wildman–Crippen LogP) is 4.71. The van der Waals surface area contributed by atoms with Crippen molar-refractivity contribution in [3.8, 4) is 0 Å². The van der Waals surface area contributed by atoms with Crippen LogP contribution >= 0.6 is 11.8 Å². The van der Waals surface area contributed by atoms with Crippen LogP contribution < -0.4 is 0 Å². The SMILES string of the molecule is CCSC(C(=O)OCC[N+](C)(CC)CC)(c1ccccc1)c1ccccc1. The Kier molecular flexibility index (Phi) is 7.93. The maximum atomic E-state index is 13.5. The second-order valence-corrected chi connectivity index (χ2v) is 8.44. The van der Waals surface area contributed by atoms with Gasteiger partial charge in [0, 0.05) is 0 Å². The third-order valence-corrected chi connectivity index (χ3v) is 6.76. The van der Waals surface area contributed by atoms with Crippen molar-refractivity contribution in [1.29, 1.82) is 0 Å². The summed E-state index contributed by atoms with van der Waals surface area (Å²) in [5.41, 5.74) is 1.94. The molecule has 27 heavy (non-hydrogen) atoms.